The van der Waals surface area contributed by atoms with Crippen molar-refractivity contribution >= 4 is 67.8 Å². The third-order valence-corrected chi connectivity index (χ3v) is 15.5. The molecule has 7 aromatic carbocycles. The van der Waals surface area contributed by atoms with Gasteiger partial charge in [0, 0.05) is 39.1 Å². The van der Waals surface area contributed by atoms with Crippen molar-refractivity contribution in [2.75, 3.05) is 4.90 Å². The van der Waals surface area contributed by atoms with Crippen LogP contribution in [0.1, 0.15) is 17.3 Å². The Morgan fingerprint density at radius 1 is 0.547 bits per heavy atom. The Morgan fingerprint density at radius 3 is 2.00 bits per heavy atom. The molecular weight excluding hydrogens is 668 g/mol. The van der Waals surface area contributed by atoms with Crippen molar-refractivity contribution in [3.8, 4) is 11.3 Å². The van der Waals surface area contributed by atoms with Gasteiger partial charge in [0.1, 0.15) is 11.2 Å². The van der Waals surface area contributed by atoms with Crippen LogP contribution in [0.25, 0.3) is 33.2 Å². The molecule has 9 aromatic rings. The third kappa shape index (κ3) is 4.89. The summed E-state index contributed by atoms with van der Waals surface area (Å²) in [5.41, 5.74) is 7.65. The van der Waals surface area contributed by atoms with Gasteiger partial charge in [0.15, 0.2) is 14.2 Å². The van der Waals surface area contributed by atoms with Crippen LogP contribution >= 0.6 is 0 Å². The fourth-order valence-electron chi connectivity index (χ4n) is 8.40. The fourth-order valence-corrected chi connectivity index (χ4v) is 13.6. The summed E-state index contributed by atoms with van der Waals surface area (Å²) < 4.78 is 23.7. The van der Waals surface area contributed by atoms with Gasteiger partial charge in [-0.3, -0.25) is 4.98 Å². The molecule has 0 N–H and O–H groups in total. The zero-order valence-electron chi connectivity index (χ0n) is 28.7. The average Bonchev–Trinajstić information content (AvgIpc) is 3.62. The van der Waals surface area contributed by atoms with Crippen molar-refractivity contribution < 1.29 is 8.81 Å². The SMILES string of the molecule is FC(c1cccc(-c2ccccn2)c1)c1cccc(N2c3ccccc3[Si](c3ccccc3)(c3ccccc3)c3c2ccc2c3oc3ccccc32)c1. The topological polar surface area (TPSA) is 29.3 Å². The highest BCUT2D eigenvalue weighted by molar-refractivity contribution is 7.22. The molecule has 3 nitrogen and oxygen atoms in total. The summed E-state index contributed by atoms with van der Waals surface area (Å²) in [5.74, 6) is 0. The van der Waals surface area contributed by atoms with Gasteiger partial charge in [0.2, 0.25) is 0 Å². The number of fused-ring (bicyclic) bond motifs is 6. The molecule has 0 aliphatic carbocycles. The Kier molecular flexibility index (Phi) is 7.41. The first-order chi connectivity index (χ1) is 26.2. The van der Waals surface area contributed by atoms with Crippen molar-refractivity contribution in [3.05, 3.63) is 205 Å². The fraction of sp³-hybridized carbons (Fsp3) is 0.0208. The summed E-state index contributed by atoms with van der Waals surface area (Å²) in [6, 6.07) is 64.8. The van der Waals surface area contributed by atoms with E-state index in [0.29, 0.717) is 11.1 Å². The number of nitrogens with zero attached hydrogens (tertiary/aromatic N) is 2. The highest BCUT2D eigenvalue weighted by atomic mass is 28.3. The van der Waals surface area contributed by atoms with E-state index >= 15 is 4.39 Å². The molecule has 2 aromatic heterocycles. The summed E-state index contributed by atoms with van der Waals surface area (Å²) in [4.78, 5) is 6.81. The second kappa shape index (κ2) is 12.6. The van der Waals surface area contributed by atoms with Gasteiger partial charge in [-0.25, -0.2) is 4.39 Å². The monoisotopic (exact) mass is 700 g/mol. The number of halogens is 1. The first-order valence-electron chi connectivity index (χ1n) is 17.9. The number of anilines is 3. The highest BCUT2D eigenvalue weighted by Gasteiger charge is 2.50. The standard InChI is InChI=1S/C48H33FN2OSi/c49-46(34-16-13-15-33(31-34)41-24-11-12-30-50-41)35-17-14-18-36(32-35)51-42-25-8-10-27-45(42)53(37-19-3-1-4-20-37,38-21-5-2-6-22-38)48-43(51)29-28-40-39-23-7-9-26-44(39)52-47(40)48/h1-32,46H. The lowest BCUT2D eigenvalue weighted by molar-refractivity contribution is 0.402. The van der Waals surface area contributed by atoms with Crippen LogP contribution in [0.4, 0.5) is 21.5 Å². The molecule has 0 amide bonds. The molecule has 0 bridgehead atoms. The molecule has 1 aliphatic heterocycles. The summed E-state index contributed by atoms with van der Waals surface area (Å²) in [7, 11) is -3.02. The Hall–Kier alpha value is -6.56. The molecule has 10 rings (SSSR count). The van der Waals surface area contributed by atoms with Gasteiger partial charge in [0.05, 0.1) is 11.4 Å². The van der Waals surface area contributed by atoms with Gasteiger partial charge >= 0.3 is 0 Å². The van der Waals surface area contributed by atoms with Crippen LogP contribution in [-0.4, -0.2) is 13.1 Å². The van der Waals surface area contributed by atoms with E-state index in [1.807, 2.05) is 66.7 Å². The van der Waals surface area contributed by atoms with Gasteiger partial charge < -0.3 is 9.32 Å². The van der Waals surface area contributed by atoms with Crippen LogP contribution in [0.3, 0.4) is 0 Å². The van der Waals surface area contributed by atoms with Crippen molar-refractivity contribution in [3.63, 3.8) is 0 Å². The number of para-hydroxylation sites is 2. The normalized spacial score (nSPS) is 13.8. The maximum atomic E-state index is 16.7. The zero-order valence-corrected chi connectivity index (χ0v) is 29.7. The first-order valence-corrected chi connectivity index (χ1v) is 19.9. The van der Waals surface area contributed by atoms with Gasteiger partial charge in [0.25, 0.3) is 0 Å². The summed E-state index contributed by atoms with van der Waals surface area (Å²) in [5, 5.41) is 7.18. The van der Waals surface area contributed by atoms with E-state index in [1.54, 1.807) is 6.20 Å². The van der Waals surface area contributed by atoms with Crippen LogP contribution < -0.4 is 25.6 Å². The summed E-state index contributed by atoms with van der Waals surface area (Å²) >= 11 is 0. The van der Waals surface area contributed by atoms with E-state index in [4.69, 9.17) is 4.42 Å². The Labute approximate surface area is 308 Å². The lowest BCUT2D eigenvalue weighted by Crippen LogP contribution is -2.77. The number of benzene rings is 7. The summed E-state index contributed by atoms with van der Waals surface area (Å²) in [6.07, 6.45) is 0.428. The highest BCUT2D eigenvalue weighted by Crippen LogP contribution is 2.43. The lowest BCUT2D eigenvalue weighted by atomic mass is 9.99. The number of aromatic nitrogens is 1. The van der Waals surface area contributed by atoms with Crippen LogP contribution in [0.15, 0.2) is 199 Å². The maximum absolute atomic E-state index is 16.7. The van der Waals surface area contributed by atoms with Crippen LogP contribution in [0, 0.1) is 0 Å². The molecule has 0 fully saturated rings. The third-order valence-electron chi connectivity index (χ3n) is 10.7. The number of pyridine rings is 1. The van der Waals surface area contributed by atoms with Crippen LogP contribution in [-0.2, 0) is 0 Å². The number of furan rings is 1. The Balaban J connectivity index is 1.23. The number of rotatable bonds is 6. The molecule has 0 saturated carbocycles. The van der Waals surface area contributed by atoms with E-state index in [1.165, 1.54) is 20.7 Å². The first kappa shape index (κ1) is 31.2. The molecule has 252 valence electrons. The van der Waals surface area contributed by atoms with Crippen molar-refractivity contribution in [2.24, 2.45) is 0 Å². The molecule has 0 radical (unpaired) electrons. The smallest absolute Gasteiger partial charge is 0.188 e. The average molecular weight is 701 g/mol. The Morgan fingerprint density at radius 2 is 1.23 bits per heavy atom. The lowest BCUT2D eigenvalue weighted by Gasteiger charge is -2.45. The van der Waals surface area contributed by atoms with Crippen molar-refractivity contribution in [1.29, 1.82) is 0 Å². The van der Waals surface area contributed by atoms with Crippen LogP contribution in [0.2, 0.25) is 0 Å². The van der Waals surface area contributed by atoms with E-state index < -0.39 is 14.2 Å². The minimum absolute atomic E-state index is 0.588. The molecule has 1 aliphatic rings. The minimum atomic E-state index is -3.02. The predicted molar refractivity (Wildman–Crippen MR) is 218 cm³/mol. The zero-order chi connectivity index (χ0) is 35.4. The quantitative estimate of drug-likeness (QED) is 0.162. The predicted octanol–water partition coefficient (Wildman–Crippen LogP) is 9.87. The molecule has 1 unspecified atom stereocenters. The van der Waals surface area contributed by atoms with E-state index in [-0.39, 0.29) is 0 Å². The van der Waals surface area contributed by atoms with Gasteiger partial charge in [-0.15, -0.1) is 0 Å². The van der Waals surface area contributed by atoms with Gasteiger partial charge in [-0.2, -0.15) is 0 Å². The molecule has 5 heteroatoms. The second-order valence-electron chi connectivity index (χ2n) is 13.6. The molecule has 53 heavy (non-hydrogen) atoms. The second-order valence-corrected chi connectivity index (χ2v) is 17.3. The molecule has 3 heterocycles. The molecule has 0 saturated heterocycles. The molecule has 0 spiro atoms. The number of hydrogen-bond acceptors (Lipinski definition) is 3. The number of alkyl halides is 1. The van der Waals surface area contributed by atoms with Gasteiger partial charge in [-0.05, 0) is 81.3 Å². The maximum Gasteiger partial charge on any atom is 0.188 e. The largest absolute Gasteiger partial charge is 0.456 e. The number of hydrogen-bond donors (Lipinski definition) is 0. The summed E-state index contributed by atoms with van der Waals surface area (Å²) in [6.45, 7) is 0. The van der Waals surface area contributed by atoms with E-state index in [0.717, 1.165) is 50.3 Å². The van der Waals surface area contributed by atoms with Crippen LogP contribution in [0.5, 0.6) is 0 Å². The molecular formula is C48H33FN2OSi. The van der Waals surface area contributed by atoms with E-state index in [9.17, 15) is 0 Å². The Bertz CT molecular complexity index is 2730. The van der Waals surface area contributed by atoms with Crippen molar-refractivity contribution in [2.45, 2.75) is 6.17 Å². The molecule has 1 atom stereocenters. The van der Waals surface area contributed by atoms with Crippen molar-refractivity contribution in [1.82, 2.24) is 4.98 Å². The van der Waals surface area contributed by atoms with Gasteiger partial charge in [-0.1, -0.05) is 133 Å². The minimum Gasteiger partial charge on any atom is -0.456 e. The van der Waals surface area contributed by atoms with E-state index in [2.05, 4.69) is 131 Å².